The van der Waals surface area contributed by atoms with Gasteiger partial charge in [0.2, 0.25) is 0 Å². The quantitative estimate of drug-likeness (QED) is 0.637. The second kappa shape index (κ2) is 3.12. The summed E-state index contributed by atoms with van der Waals surface area (Å²) < 4.78 is 0. The van der Waals surface area contributed by atoms with E-state index in [-0.39, 0.29) is 0 Å². The van der Waals surface area contributed by atoms with Crippen molar-refractivity contribution in [2.75, 3.05) is 12.1 Å². The van der Waals surface area contributed by atoms with Gasteiger partial charge in [0.05, 0.1) is 5.69 Å². The van der Waals surface area contributed by atoms with Gasteiger partial charge in [-0.25, -0.2) is 5.01 Å². The molecule has 2 aliphatic rings. The fourth-order valence-electron chi connectivity index (χ4n) is 2.11. The normalized spacial score (nSPS) is 22.6. The van der Waals surface area contributed by atoms with E-state index in [1.165, 1.54) is 11.3 Å². The van der Waals surface area contributed by atoms with Crippen LogP contribution in [0.5, 0.6) is 0 Å². The molecule has 1 aromatic rings. The number of hydrazone groups is 1. The first-order valence-electron chi connectivity index (χ1n) is 5.17. The highest BCUT2D eigenvalue weighted by atomic mass is 15.6. The van der Waals surface area contributed by atoms with Gasteiger partial charge in [0.25, 0.3) is 0 Å². The van der Waals surface area contributed by atoms with Gasteiger partial charge in [0, 0.05) is 13.5 Å². The Labute approximate surface area is 89.3 Å². The summed E-state index contributed by atoms with van der Waals surface area (Å²) >= 11 is 0. The lowest BCUT2D eigenvalue weighted by atomic mass is 10.2. The summed E-state index contributed by atoms with van der Waals surface area (Å²) in [5.74, 6) is 0. The van der Waals surface area contributed by atoms with Gasteiger partial charge in [0.15, 0.2) is 0 Å². The maximum absolute atomic E-state index is 4.43. The predicted molar refractivity (Wildman–Crippen MR) is 62.6 cm³/mol. The molecule has 0 N–H and O–H groups in total. The maximum atomic E-state index is 4.43. The molecule has 0 aromatic heterocycles. The van der Waals surface area contributed by atoms with Crippen molar-refractivity contribution >= 4 is 18.1 Å². The zero-order chi connectivity index (χ0) is 10.3. The van der Waals surface area contributed by atoms with Crippen LogP contribution in [0, 0.1) is 0 Å². The lowest BCUT2D eigenvalue weighted by Gasteiger charge is -2.26. The van der Waals surface area contributed by atoms with Gasteiger partial charge < -0.3 is 4.90 Å². The van der Waals surface area contributed by atoms with E-state index >= 15 is 0 Å². The molecule has 2 heterocycles. The molecule has 15 heavy (non-hydrogen) atoms. The molecule has 3 rings (SSSR count). The molecule has 0 radical (unpaired) electrons. The first-order chi connectivity index (χ1) is 7.36. The molecule has 0 saturated carbocycles. The maximum Gasteiger partial charge on any atom is 0.127 e. The number of benzene rings is 1. The number of hydrogen-bond donors (Lipinski definition) is 0. The van der Waals surface area contributed by atoms with E-state index in [2.05, 4.69) is 58.5 Å². The summed E-state index contributed by atoms with van der Waals surface area (Å²) in [6.07, 6.45) is 7.63. The summed E-state index contributed by atoms with van der Waals surface area (Å²) in [5.41, 5.74) is 2.43. The molecule has 0 bridgehead atoms. The van der Waals surface area contributed by atoms with Crippen molar-refractivity contribution in [2.45, 2.75) is 12.6 Å². The predicted octanol–water partition coefficient (Wildman–Crippen LogP) is 2.12. The Bertz CT molecular complexity index is 436. The highest BCUT2D eigenvalue weighted by Crippen LogP contribution is 2.31. The molecular weight excluding hydrogens is 186 g/mol. The van der Waals surface area contributed by atoms with Crippen LogP contribution in [-0.2, 0) is 0 Å². The fraction of sp³-hybridized carbons (Fsp3) is 0.250. The van der Waals surface area contributed by atoms with Crippen LogP contribution in [0.1, 0.15) is 12.0 Å². The fourth-order valence-corrected chi connectivity index (χ4v) is 2.11. The van der Waals surface area contributed by atoms with Crippen LogP contribution in [0.4, 0.5) is 5.69 Å². The van der Waals surface area contributed by atoms with Gasteiger partial charge in [-0.05, 0) is 11.6 Å². The standard InChI is InChI=1S/C12H13N3/c1-14-9-13-15-11-7-3-2-5-10(11)6-4-8-12(14)15/h2-7,9,12H,8H2,1H3. The van der Waals surface area contributed by atoms with Crippen LogP contribution in [0.3, 0.4) is 0 Å². The van der Waals surface area contributed by atoms with Gasteiger partial charge in [-0.2, -0.15) is 5.10 Å². The monoisotopic (exact) mass is 199 g/mol. The van der Waals surface area contributed by atoms with Crippen molar-refractivity contribution in [1.29, 1.82) is 0 Å². The molecule has 76 valence electrons. The lowest BCUT2D eigenvalue weighted by molar-refractivity contribution is 0.396. The molecule has 0 aliphatic carbocycles. The van der Waals surface area contributed by atoms with Crippen molar-refractivity contribution < 1.29 is 0 Å². The minimum Gasteiger partial charge on any atom is -0.342 e. The molecule has 2 aliphatic heterocycles. The van der Waals surface area contributed by atoms with E-state index in [1.807, 2.05) is 6.34 Å². The van der Waals surface area contributed by atoms with Crippen LogP contribution in [0.15, 0.2) is 35.4 Å². The van der Waals surface area contributed by atoms with E-state index < -0.39 is 0 Å². The summed E-state index contributed by atoms with van der Waals surface area (Å²) in [4.78, 5) is 2.15. The van der Waals surface area contributed by atoms with E-state index in [0.29, 0.717) is 6.17 Å². The highest BCUT2D eigenvalue weighted by Gasteiger charge is 2.27. The molecule has 1 atom stereocenters. The molecule has 1 aromatic carbocycles. The van der Waals surface area contributed by atoms with Crippen molar-refractivity contribution in [3.8, 4) is 0 Å². The molecular formula is C12H13N3. The van der Waals surface area contributed by atoms with Gasteiger partial charge in [-0.15, -0.1) is 0 Å². The van der Waals surface area contributed by atoms with E-state index in [4.69, 9.17) is 0 Å². The largest absolute Gasteiger partial charge is 0.342 e. The van der Waals surface area contributed by atoms with E-state index in [1.54, 1.807) is 0 Å². The smallest absolute Gasteiger partial charge is 0.127 e. The second-order valence-electron chi connectivity index (χ2n) is 3.92. The number of hydrogen-bond acceptors (Lipinski definition) is 3. The Morgan fingerprint density at radius 1 is 1.33 bits per heavy atom. The molecule has 0 amide bonds. The van der Waals surface area contributed by atoms with E-state index in [9.17, 15) is 0 Å². The van der Waals surface area contributed by atoms with E-state index in [0.717, 1.165) is 6.42 Å². The lowest BCUT2D eigenvalue weighted by Crippen LogP contribution is -2.36. The first kappa shape index (κ1) is 8.53. The highest BCUT2D eigenvalue weighted by molar-refractivity contribution is 5.73. The SMILES string of the molecule is CN1C=NN2c3ccccc3C=CCC12. The van der Waals surface area contributed by atoms with Crippen molar-refractivity contribution in [1.82, 2.24) is 4.90 Å². The molecule has 0 spiro atoms. The van der Waals surface area contributed by atoms with Gasteiger partial charge in [-0.1, -0.05) is 30.4 Å². The third-order valence-corrected chi connectivity index (χ3v) is 2.94. The Morgan fingerprint density at radius 3 is 3.13 bits per heavy atom. The third-order valence-electron chi connectivity index (χ3n) is 2.94. The zero-order valence-corrected chi connectivity index (χ0v) is 8.67. The average Bonchev–Trinajstić information content (AvgIpc) is 2.53. The summed E-state index contributed by atoms with van der Waals surface area (Å²) in [7, 11) is 2.07. The molecule has 0 fully saturated rings. The summed E-state index contributed by atoms with van der Waals surface area (Å²) in [5, 5.41) is 6.53. The number of para-hydroxylation sites is 1. The number of nitrogens with zero attached hydrogens (tertiary/aromatic N) is 3. The minimum absolute atomic E-state index is 0.338. The molecule has 1 unspecified atom stereocenters. The molecule has 3 nitrogen and oxygen atoms in total. The third kappa shape index (κ3) is 1.23. The minimum atomic E-state index is 0.338. The average molecular weight is 199 g/mol. The summed E-state index contributed by atoms with van der Waals surface area (Å²) in [6.45, 7) is 0. The summed E-state index contributed by atoms with van der Waals surface area (Å²) in [6, 6.07) is 8.37. The number of rotatable bonds is 0. The zero-order valence-electron chi connectivity index (χ0n) is 8.67. The van der Waals surface area contributed by atoms with Gasteiger partial charge in [0.1, 0.15) is 12.5 Å². The number of anilines is 1. The Balaban J connectivity index is 2.11. The Morgan fingerprint density at radius 2 is 2.20 bits per heavy atom. The topological polar surface area (TPSA) is 18.8 Å². The first-order valence-corrected chi connectivity index (χ1v) is 5.17. The van der Waals surface area contributed by atoms with Crippen molar-refractivity contribution in [3.63, 3.8) is 0 Å². The van der Waals surface area contributed by atoms with Crippen LogP contribution < -0.4 is 5.01 Å². The van der Waals surface area contributed by atoms with Gasteiger partial charge >= 0.3 is 0 Å². The van der Waals surface area contributed by atoms with Crippen LogP contribution in [0.2, 0.25) is 0 Å². The van der Waals surface area contributed by atoms with Crippen LogP contribution in [-0.4, -0.2) is 24.5 Å². The number of fused-ring (bicyclic) bond motifs is 3. The Kier molecular flexibility index (Phi) is 1.78. The van der Waals surface area contributed by atoms with Gasteiger partial charge in [-0.3, -0.25) is 0 Å². The Hall–Kier alpha value is -1.77. The second-order valence-corrected chi connectivity index (χ2v) is 3.92. The molecule has 0 saturated heterocycles. The van der Waals surface area contributed by atoms with Crippen molar-refractivity contribution in [2.24, 2.45) is 5.10 Å². The molecule has 3 heteroatoms. The van der Waals surface area contributed by atoms with Crippen molar-refractivity contribution in [3.05, 3.63) is 35.9 Å². The van der Waals surface area contributed by atoms with Crippen LogP contribution >= 0.6 is 0 Å². The van der Waals surface area contributed by atoms with Crippen LogP contribution in [0.25, 0.3) is 6.08 Å².